The lowest BCUT2D eigenvalue weighted by Gasteiger charge is -2.04. The molecule has 0 aliphatic heterocycles. The smallest absolute Gasteiger partial charge is 0.167 e. The molecule has 4 aromatic rings. The minimum atomic E-state index is -0.351. The quantitative estimate of drug-likeness (QED) is 0.244. The van der Waals surface area contributed by atoms with Gasteiger partial charge in [-0.2, -0.15) is 0 Å². The molecule has 0 saturated heterocycles. The highest BCUT2D eigenvalue weighted by atomic mass is 127. The van der Waals surface area contributed by atoms with E-state index in [2.05, 4.69) is 47.9 Å². The molecule has 142 valence electrons. The molecular weight excluding hydrogens is 474 g/mol. The fraction of sp³-hybridized carbons (Fsp3) is 0.167. The zero-order valence-electron chi connectivity index (χ0n) is 15.2. The van der Waals surface area contributed by atoms with E-state index in [4.69, 9.17) is 0 Å². The number of aromatic nitrogens is 6. The monoisotopic (exact) mass is 490 g/mol. The molecule has 0 aliphatic carbocycles. The summed E-state index contributed by atoms with van der Waals surface area (Å²) in [6.07, 6.45) is 6.88. The van der Waals surface area contributed by atoms with Crippen molar-refractivity contribution in [3.8, 4) is 5.69 Å². The van der Waals surface area contributed by atoms with Crippen LogP contribution in [0.1, 0.15) is 5.69 Å². The van der Waals surface area contributed by atoms with Gasteiger partial charge in [-0.05, 0) is 34.7 Å². The van der Waals surface area contributed by atoms with E-state index in [1.165, 1.54) is 17.1 Å². The Morgan fingerprint density at radius 1 is 1.21 bits per heavy atom. The number of halogens is 2. The Hall–Kier alpha value is -2.89. The Balaban J connectivity index is 1.68. The maximum Gasteiger partial charge on any atom is 0.167 e. The number of hydrogen-bond acceptors (Lipinski definition) is 5. The molecule has 3 aromatic heterocycles. The van der Waals surface area contributed by atoms with Crippen molar-refractivity contribution in [2.45, 2.75) is 6.54 Å². The predicted octanol–water partition coefficient (Wildman–Crippen LogP) is 3.03. The molecule has 3 heterocycles. The maximum atomic E-state index is 14.0. The molecule has 0 N–H and O–H groups in total. The number of rotatable bonds is 5. The molecule has 4 rings (SSSR count). The van der Waals surface area contributed by atoms with Crippen LogP contribution in [0.4, 0.5) is 10.2 Å². The molecule has 10 heteroatoms. The largest absolute Gasteiger partial charge is 0.369 e. The van der Waals surface area contributed by atoms with Crippen LogP contribution in [0, 0.1) is 9.39 Å². The second-order valence-electron chi connectivity index (χ2n) is 6.31. The molecule has 0 spiro atoms. The Labute approximate surface area is 173 Å². The van der Waals surface area contributed by atoms with E-state index in [9.17, 15) is 4.39 Å². The molecule has 0 atom stereocenters. The number of nitrogens with zero attached hydrogens (tertiary/aromatic N) is 8. The van der Waals surface area contributed by atoms with Crippen molar-refractivity contribution in [2.24, 2.45) is 4.99 Å². The second kappa shape index (κ2) is 7.62. The predicted molar refractivity (Wildman–Crippen MR) is 113 cm³/mol. The molecular formula is C18H16FIN8. The molecule has 0 unspecified atom stereocenters. The van der Waals surface area contributed by atoms with E-state index in [0.717, 1.165) is 14.6 Å². The third-order valence-electron chi connectivity index (χ3n) is 3.97. The summed E-state index contributed by atoms with van der Waals surface area (Å²) in [6, 6.07) is 6.45. The first kappa shape index (κ1) is 18.5. The zero-order chi connectivity index (χ0) is 19.7. The van der Waals surface area contributed by atoms with Crippen molar-refractivity contribution < 1.29 is 4.39 Å². The molecule has 28 heavy (non-hydrogen) atoms. The summed E-state index contributed by atoms with van der Waals surface area (Å²) in [5.74, 6) is 0.257. The van der Waals surface area contributed by atoms with Crippen LogP contribution in [-0.2, 0) is 6.54 Å². The number of para-hydroxylation sites is 1. The molecule has 0 amide bonds. The van der Waals surface area contributed by atoms with Crippen molar-refractivity contribution in [1.29, 1.82) is 0 Å². The highest BCUT2D eigenvalue weighted by Crippen LogP contribution is 2.29. The summed E-state index contributed by atoms with van der Waals surface area (Å²) >= 11 is 2.24. The van der Waals surface area contributed by atoms with Gasteiger partial charge in [0.25, 0.3) is 0 Å². The lowest BCUT2D eigenvalue weighted by Crippen LogP contribution is -2.07. The van der Waals surface area contributed by atoms with E-state index in [-0.39, 0.29) is 5.82 Å². The summed E-state index contributed by atoms with van der Waals surface area (Å²) in [5.41, 5.74) is 1.80. The Kier molecular flexibility index (Phi) is 5.03. The Bertz CT molecular complexity index is 1160. The number of hydrogen-bond donors (Lipinski definition) is 0. The third-order valence-corrected chi connectivity index (χ3v) is 4.79. The first-order chi connectivity index (χ1) is 13.5. The van der Waals surface area contributed by atoms with Gasteiger partial charge in [-0.3, -0.25) is 0 Å². The van der Waals surface area contributed by atoms with Crippen molar-refractivity contribution in [2.75, 3.05) is 14.1 Å². The van der Waals surface area contributed by atoms with Gasteiger partial charge < -0.3 is 9.47 Å². The highest BCUT2D eigenvalue weighted by Gasteiger charge is 2.15. The minimum absolute atomic E-state index is 0.351. The van der Waals surface area contributed by atoms with Crippen LogP contribution < -0.4 is 0 Å². The topological polar surface area (TPSA) is 77.0 Å². The van der Waals surface area contributed by atoms with Crippen molar-refractivity contribution >= 4 is 45.8 Å². The summed E-state index contributed by atoms with van der Waals surface area (Å²) in [4.78, 5) is 15.0. The van der Waals surface area contributed by atoms with Crippen LogP contribution in [0.15, 0.2) is 48.0 Å². The summed E-state index contributed by atoms with van der Waals surface area (Å²) < 4.78 is 18.4. The summed E-state index contributed by atoms with van der Waals surface area (Å²) in [5, 5.41) is 9.09. The van der Waals surface area contributed by atoms with Crippen LogP contribution in [0.2, 0.25) is 0 Å². The van der Waals surface area contributed by atoms with Crippen molar-refractivity contribution in [1.82, 2.24) is 34.4 Å². The second-order valence-corrected chi connectivity index (χ2v) is 7.48. The van der Waals surface area contributed by atoms with Crippen LogP contribution in [-0.4, -0.2) is 54.9 Å². The van der Waals surface area contributed by atoms with Crippen LogP contribution in [0.5, 0.6) is 0 Å². The van der Waals surface area contributed by atoms with Gasteiger partial charge in [-0.1, -0.05) is 17.3 Å². The molecule has 0 bridgehead atoms. The number of benzene rings is 1. The number of fused-ring (bicyclic) bond motifs is 1. The third kappa shape index (κ3) is 3.59. The van der Waals surface area contributed by atoms with Crippen LogP contribution in [0.25, 0.3) is 16.7 Å². The van der Waals surface area contributed by atoms with Gasteiger partial charge >= 0.3 is 0 Å². The Morgan fingerprint density at radius 3 is 2.82 bits per heavy atom. The fourth-order valence-corrected chi connectivity index (χ4v) is 3.57. The average molecular weight is 490 g/mol. The molecule has 8 nitrogen and oxygen atoms in total. The van der Waals surface area contributed by atoms with Crippen molar-refractivity contribution in [3.63, 3.8) is 0 Å². The van der Waals surface area contributed by atoms with Gasteiger partial charge in [0.05, 0.1) is 24.5 Å². The zero-order valence-corrected chi connectivity index (χ0v) is 17.3. The van der Waals surface area contributed by atoms with E-state index < -0.39 is 0 Å². The highest BCUT2D eigenvalue weighted by molar-refractivity contribution is 14.1. The van der Waals surface area contributed by atoms with Gasteiger partial charge in [0, 0.05) is 23.9 Å². The van der Waals surface area contributed by atoms with Gasteiger partial charge in [0.2, 0.25) is 0 Å². The normalized spacial score (nSPS) is 11.6. The van der Waals surface area contributed by atoms with E-state index in [0.29, 0.717) is 23.7 Å². The van der Waals surface area contributed by atoms with E-state index in [1.54, 1.807) is 30.7 Å². The summed E-state index contributed by atoms with van der Waals surface area (Å²) in [6.45, 7) is 0.446. The minimum Gasteiger partial charge on any atom is -0.369 e. The standard InChI is InChI=1S/C18H16FIN8/c1-26(2)11-23-17-16-14(20)9-27(18(16)22-10-21-17)7-12-8-28(25-24-12)15-6-4-3-5-13(15)19/h3-6,8-11H,7H2,1-2H3. The Morgan fingerprint density at radius 2 is 2.04 bits per heavy atom. The lowest BCUT2D eigenvalue weighted by molar-refractivity contribution is 0.607. The van der Waals surface area contributed by atoms with Gasteiger partial charge in [-0.15, -0.1) is 5.10 Å². The van der Waals surface area contributed by atoms with Crippen LogP contribution in [0.3, 0.4) is 0 Å². The van der Waals surface area contributed by atoms with Gasteiger partial charge in [0.15, 0.2) is 5.82 Å². The van der Waals surface area contributed by atoms with Crippen molar-refractivity contribution in [3.05, 3.63) is 58.1 Å². The first-order valence-electron chi connectivity index (χ1n) is 8.39. The van der Waals surface area contributed by atoms with Gasteiger partial charge in [-0.25, -0.2) is 24.0 Å². The lowest BCUT2D eigenvalue weighted by atomic mass is 10.3. The molecule has 0 aliphatic rings. The average Bonchev–Trinajstić information content (AvgIpc) is 3.26. The number of aliphatic imine (C=N–C) groups is 1. The van der Waals surface area contributed by atoms with Crippen LogP contribution >= 0.6 is 22.6 Å². The fourth-order valence-electron chi connectivity index (χ4n) is 2.75. The van der Waals surface area contributed by atoms with E-state index in [1.807, 2.05) is 29.8 Å². The molecule has 0 radical (unpaired) electrons. The van der Waals surface area contributed by atoms with E-state index >= 15 is 0 Å². The SMILES string of the molecule is CN(C)C=Nc1ncnc2c1c(I)cn2Cc1cn(-c2ccccc2F)nn1. The molecule has 0 fully saturated rings. The first-order valence-corrected chi connectivity index (χ1v) is 9.47. The summed E-state index contributed by atoms with van der Waals surface area (Å²) in [7, 11) is 3.80. The molecule has 0 saturated carbocycles. The maximum absolute atomic E-state index is 14.0. The molecule has 1 aromatic carbocycles. The van der Waals surface area contributed by atoms with Gasteiger partial charge in [0.1, 0.15) is 29.2 Å².